The van der Waals surface area contributed by atoms with Crippen LogP contribution in [0.25, 0.3) is 0 Å². The van der Waals surface area contributed by atoms with Crippen LogP contribution in [0.4, 0.5) is 5.69 Å². The maximum Gasteiger partial charge on any atom is 0.243 e. The van der Waals surface area contributed by atoms with E-state index in [2.05, 4.69) is 5.32 Å². The summed E-state index contributed by atoms with van der Waals surface area (Å²) in [5.41, 5.74) is 4.48. The molecule has 0 fully saturated rings. The highest BCUT2D eigenvalue weighted by atomic mass is 32.2. The number of carbonyl (C=O) groups excluding carboxylic acids is 2. The number of amides is 2. The summed E-state index contributed by atoms with van der Waals surface area (Å²) in [5, 5.41) is 2.94. The predicted octanol–water partition coefficient (Wildman–Crippen LogP) is 4.49. The Morgan fingerprint density at radius 1 is 1.00 bits per heavy atom. The van der Waals surface area contributed by atoms with Gasteiger partial charge in [-0.15, -0.1) is 0 Å². The van der Waals surface area contributed by atoms with E-state index in [0.29, 0.717) is 25.1 Å². The van der Waals surface area contributed by atoms with E-state index < -0.39 is 16.1 Å². The van der Waals surface area contributed by atoms with Crippen molar-refractivity contribution in [3.63, 3.8) is 0 Å². The van der Waals surface area contributed by atoms with Crippen molar-refractivity contribution in [2.24, 2.45) is 0 Å². The number of aryl methyl sites for hydroxylation is 3. The smallest absolute Gasteiger partial charge is 0.243 e. The molecule has 0 radical (unpaired) electrons. The summed E-state index contributed by atoms with van der Waals surface area (Å²) in [6.45, 7) is 12.0. The van der Waals surface area contributed by atoms with Crippen LogP contribution in [-0.2, 0) is 26.2 Å². The van der Waals surface area contributed by atoms with Gasteiger partial charge in [-0.25, -0.2) is 8.42 Å². The van der Waals surface area contributed by atoms with Gasteiger partial charge >= 0.3 is 0 Å². The lowest BCUT2D eigenvalue weighted by Crippen LogP contribution is -2.50. The number of nitrogens with one attached hydrogen (secondary N) is 1. The fraction of sp³-hybridized carbons (Fsp3) is 0.500. The van der Waals surface area contributed by atoms with Crippen LogP contribution in [0.3, 0.4) is 0 Å². The first-order chi connectivity index (χ1) is 16.8. The molecule has 0 aromatic heterocycles. The van der Waals surface area contributed by atoms with Crippen LogP contribution in [0.5, 0.6) is 0 Å². The largest absolute Gasteiger partial charge is 0.352 e. The van der Waals surface area contributed by atoms with Gasteiger partial charge in [0.1, 0.15) is 6.04 Å². The minimum absolute atomic E-state index is 0.0390. The molecule has 8 heteroatoms. The molecular formula is C28H41N3O4S. The number of nitrogens with zero attached hydrogens (tertiary/aromatic N) is 2. The lowest BCUT2D eigenvalue weighted by molar-refractivity contribution is -0.141. The molecule has 1 atom stereocenters. The molecule has 2 aromatic carbocycles. The van der Waals surface area contributed by atoms with Gasteiger partial charge in [0, 0.05) is 25.6 Å². The number of hydrogen-bond donors (Lipinski definition) is 1. The Morgan fingerprint density at radius 2 is 1.67 bits per heavy atom. The lowest BCUT2D eigenvalue weighted by atomic mass is 10.0. The van der Waals surface area contributed by atoms with Crippen molar-refractivity contribution in [1.29, 1.82) is 0 Å². The summed E-state index contributed by atoms with van der Waals surface area (Å²) >= 11 is 0. The van der Waals surface area contributed by atoms with Gasteiger partial charge in [-0.1, -0.05) is 43.3 Å². The fourth-order valence-electron chi connectivity index (χ4n) is 4.24. The van der Waals surface area contributed by atoms with Crippen molar-refractivity contribution >= 4 is 27.5 Å². The van der Waals surface area contributed by atoms with Gasteiger partial charge < -0.3 is 10.2 Å². The van der Waals surface area contributed by atoms with Crippen LogP contribution in [0.1, 0.15) is 62.3 Å². The zero-order valence-electron chi connectivity index (χ0n) is 22.7. The van der Waals surface area contributed by atoms with Crippen molar-refractivity contribution in [2.45, 2.75) is 79.4 Å². The summed E-state index contributed by atoms with van der Waals surface area (Å²) in [6, 6.07) is 12.9. The molecule has 0 saturated carbocycles. The predicted molar refractivity (Wildman–Crippen MR) is 146 cm³/mol. The third kappa shape index (κ3) is 8.08. The van der Waals surface area contributed by atoms with E-state index in [1.807, 2.05) is 84.0 Å². The van der Waals surface area contributed by atoms with Gasteiger partial charge in [-0.3, -0.25) is 13.9 Å². The Hall–Kier alpha value is -2.87. The maximum absolute atomic E-state index is 13.5. The van der Waals surface area contributed by atoms with Gasteiger partial charge in [-0.05, 0) is 75.8 Å². The molecule has 0 aliphatic carbocycles. The minimum atomic E-state index is -3.53. The summed E-state index contributed by atoms with van der Waals surface area (Å²) in [7, 11) is -3.53. The Labute approximate surface area is 216 Å². The Bertz CT molecular complexity index is 1160. The molecule has 2 rings (SSSR count). The molecule has 0 heterocycles. The lowest BCUT2D eigenvalue weighted by Gasteiger charge is -2.32. The van der Waals surface area contributed by atoms with Gasteiger partial charge in [0.25, 0.3) is 0 Å². The number of hydrogen-bond acceptors (Lipinski definition) is 4. The minimum Gasteiger partial charge on any atom is -0.352 e. The fourth-order valence-corrected chi connectivity index (χ4v) is 5.26. The molecule has 7 nitrogen and oxygen atoms in total. The summed E-state index contributed by atoms with van der Waals surface area (Å²) in [5.74, 6) is -0.346. The first-order valence-corrected chi connectivity index (χ1v) is 14.4. The Morgan fingerprint density at radius 3 is 2.25 bits per heavy atom. The van der Waals surface area contributed by atoms with Crippen LogP contribution in [-0.4, -0.2) is 50.0 Å². The van der Waals surface area contributed by atoms with Crippen molar-refractivity contribution in [1.82, 2.24) is 10.2 Å². The number of rotatable bonds is 12. The van der Waals surface area contributed by atoms with Crippen LogP contribution in [0.2, 0.25) is 0 Å². The quantitative estimate of drug-likeness (QED) is 0.451. The molecule has 2 amide bonds. The molecule has 0 saturated heterocycles. The van der Waals surface area contributed by atoms with Crippen molar-refractivity contribution in [3.8, 4) is 0 Å². The second-order valence-electron chi connectivity index (χ2n) is 9.76. The molecule has 0 spiro atoms. The normalized spacial score (nSPS) is 12.3. The molecule has 0 unspecified atom stereocenters. The van der Waals surface area contributed by atoms with Crippen LogP contribution < -0.4 is 9.62 Å². The first kappa shape index (κ1) is 29.4. The van der Waals surface area contributed by atoms with E-state index in [1.165, 1.54) is 10.6 Å². The standard InChI is InChI=1S/C28H41N3O4S/c1-8-25(28(33)29-20(2)3)30(19-24-13-10-9-12-22(24)5)27(32)14-11-17-31(36(7,34)35)26-18-21(4)15-16-23(26)6/h9-10,12-13,15-16,18,20,25H,8,11,14,17,19H2,1-7H3,(H,29,33)/t25-/m0/s1. The van der Waals surface area contributed by atoms with Crippen molar-refractivity contribution in [2.75, 3.05) is 17.1 Å². The first-order valence-electron chi connectivity index (χ1n) is 12.5. The average molecular weight is 516 g/mol. The number of anilines is 1. The zero-order valence-corrected chi connectivity index (χ0v) is 23.5. The van der Waals surface area contributed by atoms with Crippen LogP contribution >= 0.6 is 0 Å². The van der Waals surface area contributed by atoms with Crippen LogP contribution in [0.15, 0.2) is 42.5 Å². The van der Waals surface area contributed by atoms with Crippen molar-refractivity contribution < 1.29 is 18.0 Å². The van der Waals surface area contributed by atoms with E-state index in [-0.39, 0.29) is 30.8 Å². The summed E-state index contributed by atoms with van der Waals surface area (Å²) in [6.07, 6.45) is 2.14. The monoisotopic (exact) mass is 515 g/mol. The molecule has 198 valence electrons. The van der Waals surface area contributed by atoms with Gasteiger partial charge in [-0.2, -0.15) is 0 Å². The molecule has 0 aliphatic rings. The van der Waals surface area contributed by atoms with E-state index in [0.717, 1.165) is 22.3 Å². The van der Waals surface area contributed by atoms with Gasteiger partial charge in [0.2, 0.25) is 21.8 Å². The third-order valence-corrected chi connectivity index (χ3v) is 7.38. The second-order valence-corrected chi connectivity index (χ2v) is 11.7. The summed E-state index contributed by atoms with van der Waals surface area (Å²) < 4.78 is 26.6. The molecule has 36 heavy (non-hydrogen) atoms. The Balaban J connectivity index is 2.26. The SMILES string of the molecule is CC[C@@H](C(=O)NC(C)C)N(Cc1ccccc1C)C(=O)CCCN(c1cc(C)ccc1C)S(C)(=O)=O. The molecule has 1 N–H and O–H groups in total. The second kappa shape index (κ2) is 12.9. The molecular weight excluding hydrogens is 474 g/mol. The molecule has 0 aliphatic heterocycles. The van der Waals surface area contributed by atoms with E-state index in [4.69, 9.17) is 0 Å². The van der Waals surface area contributed by atoms with E-state index >= 15 is 0 Å². The topological polar surface area (TPSA) is 86.8 Å². The maximum atomic E-state index is 13.5. The van der Waals surface area contributed by atoms with E-state index in [1.54, 1.807) is 4.90 Å². The summed E-state index contributed by atoms with van der Waals surface area (Å²) in [4.78, 5) is 28.1. The third-order valence-electron chi connectivity index (χ3n) is 6.20. The average Bonchev–Trinajstić information content (AvgIpc) is 2.78. The Kier molecular flexibility index (Phi) is 10.5. The highest BCUT2D eigenvalue weighted by Crippen LogP contribution is 2.25. The number of benzene rings is 2. The number of carbonyl (C=O) groups is 2. The van der Waals surface area contributed by atoms with Gasteiger partial charge in [0.15, 0.2) is 0 Å². The van der Waals surface area contributed by atoms with E-state index in [9.17, 15) is 18.0 Å². The zero-order chi connectivity index (χ0) is 27.0. The van der Waals surface area contributed by atoms with Gasteiger partial charge in [0.05, 0.1) is 11.9 Å². The highest BCUT2D eigenvalue weighted by Gasteiger charge is 2.29. The van der Waals surface area contributed by atoms with Crippen molar-refractivity contribution in [3.05, 3.63) is 64.7 Å². The molecule has 2 aromatic rings. The highest BCUT2D eigenvalue weighted by molar-refractivity contribution is 7.92. The number of sulfonamides is 1. The molecule has 0 bridgehead atoms. The van der Waals surface area contributed by atoms with Crippen LogP contribution in [0, 0.1) is 20.8 Å².